The van der Waals surface area contributed by atoms with Gasteiger partial charge in [-0.25, -0.2) is 8.78 Å². The summed E-state index contributed by atoms with van der Waals surface area (Å²) in [5.41, 5.74) is 12.3. The average Bonchev–Trinajstić information content (AvgIpc) is 3.46. The number of halogens is 2. The molecule has 2 heteroatoms. The van der Waals surface area contributed by atoms with Gasteiger partial charge in [0.2, 0.25) is 0 Å². The number of benzene rings is 6. The van der Waals surface area contributed by atoms with E-state index in [1.165, 1.54) is 73.6 Å². The molecule has 0 aromatic heterocycles. The van der Waals surface area contributed by atoms with Crippen LogP contribution >= 0.6 is 0 Å². The third-order valence-corrected chi connectivity index (χ3v) is 17.1. The van der Waals surface area contributed by atoms with Crippen molar-refractivity contribution in [3.8, 4) is 44.5 Å². The summed E-state index contributed by atoms with van der Waals surface area (Å²) < 4.78 is 29.3. The van der Waals surface area contributed by atoms with Crippen LogP contribution in [-0.4, -0.2) is 0 Å². The predicted molar refractivity (Wildman–Crippen MR) is 319 cm³/mol. The number of allylic oxidation sites excluding steroid dienone is 1. The Bertz CT molecular complexity index is 2490. The van der Waals surface area contributed by atoms with Crippen molar-refractivity contribution in [2.24, 2.45) is 35.5 Å². The molecule has 0 saturated heterocycles. The van der Waals surface area contributed by atoms with E-state index in [0.717, 1.165) is 101 Å². The summed E-state index contributed by atoms with van der Waals surface area (Å²) in [6, 6.07) is 44.2. The van der Waals surface area contributed by atoms with Gasteiger partial charge < -0.3 is 0 Å². The van der Waals surface area contributed by atoms with Crippen molar-refractivity contribution < 1.29 is 8.78 Å². The highest BCUT2D eigenvalue weighted by Gasteiger charge is 2.34. The molecule has 3 aliphatic rings. The fourth-order valence-electron chi connectivity index (χ4n) is 12.4. The van der Waals surface area contributed by atoms with Gasteiger partial charge in [0.15, 0.2) is 0 Å². The van der Waals surface area contributed by atoms with Crippen LogP contribution in [0.25, 0.3) is 44.5 Å². The Morgan fingerprint density at radius 1 is 0.392 bits per heavy atom. The quantitative estimate of drug-likeness (QED) is 0.0848. The number of aryl methyl sites for hydroxylation is 4. The van der Waals surface area contributed by atoms with Gasteiger partial charge in [-0.15, -0.1) is 6.58 Å². The summed E-state index contributed by atoms with van der Waals surface area (Å²) >= 11 is 0. The summed E-state index contributed by atoms with van der Waals surface area (Å²) in [6.07, 6.45) is 31.1. The Morgan fingerprint density at radius 3 is 1.09 bits per heavy atom. The molecule has 396 valence electrons. The zero-order chi connectivity index (χ0) is 52.7. The Kier molecular flexibility index (Phi) is 24.4. The first kappa shape index (κ1) is 58.2. The van der Waals surface area contributed by atoms with Gasteiger partial charge in [0.25, 0.3) is 0 Å². The summed E-state index contributed by atoms with van der Waals surface area (Å²) in [7, 11) is 0. The smallest absolute Gasteiger partial charge is 0.131 e. The van der Waals surface area contributed by atoms with Crippen molar-refractivity contribution >= 4 is 0 Å². The van der Waals surface area contributed by atoms with E-state index in [1.54, 1.807) is 63.5 Å². The molecule has 0 heterocycles. The largest absolute Gasteiger partial charge is 0.206 e. The van der Waals surface area contributed by atoms with Crippen LogP contribution in [0.3, 0.4) is 0 Å². The van der Waals surface area contributed by atoms with E-state index in [9.17, 15) is 8.78 Å². The maximum absolute atomic E-state index is 14.7. The zero-order valence-electron chi connectivity index (χ0n) is 47.1. The summed E-state index contributed by atoms with van der Waals surface area (Å²) in [5.74, 6) is 5.90. The Balaban J connectivity index is 0.000000178. The fourth-order valence-corrected chi connectivity index (χ4v) is 12.4. The van der Waals surface area contributed by atoms with Gasteiger partial charge >= 0.3 is 0 Å². The van der Waals surface area contributed by atoms with Gasteiger partial charge in [-0.05, 0) is 200 Å². The van der Waals surface area contributed by atoms with E-state index in [4.69, 9.17) is 0 Å². The molecule has 3 aliphatic carbocycles. The van der Waals surface area contributed by atoms with Gasteiger partial charge in [0, 0.05) is 11.1 Å². The van der Waals surface area contributed by atoms with Crippen molar-refractivity contribution in [1.29, 1.82) is 0 Å². The normalized spacial score (nSPS) is 20.4. The van der Waals surface area contributed by atoms with Crippen LogP contribution in [0, 0.1) is 47.1 Å². The van der Waals surface area contributed by atoms with E-state index in [0.29, 0.717) is 11.1 Å². The molecule has 9 rings (SSSR count). The van der Waals surface area contributed by atoms with Crippen LogP contribution in [0.5, 0.6) is 0 Å². The second kappa shape index (κ2) is 31.1. The minimum absolute atomic E-state index is 0.168. The highest BCUT2D eigenvalue weighted by molar-refractivity contribution is 5.72. The van der Waals surface area contributed by atoms with Crippen LogP contribution in [-0.2, 0) is 25.7 Å². The molecule has 3 fully saturated rings. The summed E-state index contributed by atoms with van der Waals surface area (Å²) in [5, 5.41) is 0. The molecule has 0 bridgehead atoms. The SMILES string of the molecule is C=CC1CCC(C2CCC(C3CCC(CCC)CC3)CC2)CC1.CC.CCCCc1ccc(-c2ccc(-c3ccc(CC)cc3)cc2F)cc1.CCCc1ccc(-c2ccc(-c3ccc(CC)cc3)cc2F)cc1. The highest BCUT2D eigenvalue weighted by atomic mass is 19.1. The molecule has 0 amide bonds. The average molecular weight is 998 g/mol. The molecule has 6 aromatic rings. The number of unbranched alkanes of at least 4 members (excludes halogenated alkanes) is 1. The Hall–Kier alpha value is -5.08. The van der Waals surface area contributed by atoms with Crippen LogP contribution in [0.15, 0.2) is 146 Å². The molecule has 0 spiro atoms. The monoisotopic (exact) mass is 997 g/mol. The van der Waals surface area contributed by atoms with E-state index in [2.05, 4.69) is 120 Å². The zero-order valence-corrected chi connectivity index (χ0v) is 47.1. The van der Waals surface area contributed by atoms with Crippen molar-refractivity contribution in [3.63, 3.8) is 0 Å². The molecule has 3 saturated carbocycles. The minimum Gasteiger partial charge on any atom is -0.206 e. The van der Waals surface area contributed by atoms with Gasteiger partial charge in [-0.2, -0.15) is 0 Å². The Labute approximate surface area is 449 Å². The lowest BCUT2D eigenvalue weighted by Crippen LogP contribution is -2.29. The van der Waals surface area contributed by atoms with E-state index in [-0.39, 0.29) is 11.6 Å². The first-order valence-electron chi connectivity index (χ1n) is 29.8. The number of hydrogen-bond donors (Lipinski definition) is 0. The second-order valence-corrected chi connectivity index (χ2v) is 21.9. The number of hydrogen-bond acceptors (Lipinski definition) is 0. The molecule has 0 N–H and O–H groups in total. The lowest BCUT2D eigenvalue weighted by Gasteiger charge is -2.41. The van der Waals surface area contributed by atoms with Crippen LogP contribution < -0.4 is 0 Å². The summed E-state index contributed by atoms with van der Waals surface area (Å²) in [4.78, 5) is 0. The Morgan fingerprint density at radius 2 is 0.743 bits per heavy atom. The predicted octanol–water partition coefficient (Wildman–Crippen LogP) is 22.2. The lowest BCUT2D eigenvalue weighted by atomic mass is 9.65. The van der Waals surface area contributed by atoms with Crippen LogP contribution in [0.4, 0.5) is 8.78 Å². The molecule has 0 nitrogen and oxygen atoms in total. The topological polar surface area (TPSA) is 0 Å². The minimum atomic E-state index is -0.171. The molecule has 0 unspecified atom stereocenters. The fraction of sp³-hybridized carbons (Fsp3) is 0.472. The van der Waals surface area contributed by atoms with E-state index < -0.39 is 0 Å². The first-order chi connectivity index (χ1) is 36.2. The van der Waals surface area contributed by atoms with E-state index in [1.807, 2.05) is 62.4 Å². The molecule has 74 heavy (non-hydrogen) atoms. The lowest BCUT2D eigenvalue weighted by molar-refractivity contribution is 0.107. The molecule has 0 atom stereocenters. The summed E-state index contributed by atoms with van der Waals surface area (Å²) in [6.45, 7) is 19.0. The van der Waals surface area contributed by atoms with Crippen molar-refractivity contribution in [1.82, 2.24) is 0 Å². The number of rotatable bonds is 16. The third-order valence-electron chi connectivity index (χ3n) is 17.1. The standard InChI is InChI=1S/C24H25F.C23H23F.C23H40.C2H6/c1-3-5-6-19-9-13-21(14-10-19)23-16-15-22(17-24(23)25)20-11-7-18(4-2)8-12-20;1-3-5-18-8-12-20(13-9-18)22-15-14-21(16-23(22)24)19-10-6-17(4-2)7-11-19;1-3-5-19-8-12-21(13-9-19)23-16-14-22(15-17-23)20-10-6-18(4-2)7-11-20;1-2/h7-17H,3-6H2,1-2H3;6-16H,3-5H2,1-2H3;4,18-23H,2-3,5-17H2,1H3;1-2H3. The first-order valence-corrected chi connectivity index (χ1v) is 29.8. The van der Waals surface area contributed by atoms with Gasteiger partial charge in [-0.1, -0.05) is 214 Å². The van der Waals surface area contributed by atoms with E-state index >= 15 is 0 Å². The van der Waals surface area contributed by atoms with Crippen molar-refractivity contribution in [3.05, 3.63) is 180 Å². The third kappa shape index (κ3) is 17.0. The van der Waals surface area contributed by atoms with Gasteiger partial charge in [0.05, 0.1) is 0 Å². The molecular formula is C72H94F2. The molecule has 0 aliphatic heterocycles. The maximum Gasteiger partial charge on any atom is 0.131 e. The molecule has 0 radical (unpaired) electrons. The second-order valence-electron chi connectivity index (χ2n) is 21.9. The highest BCUT2D eigenvalue weighted by Crippen LogP contribution is 2.46. The van der Waals surface area contributed by atoms with Crippen molar-refractivity contribution in [2.45, 2.75) is 183 Å². The van der Waals surface area contributed by atoms with Crippen LogP contribution in [0.2, 0.25) is 0 Å². The van der Waals surface area contributed by atoms with Crippen molar-refractivity contribution in [2.75, 3.05) is 0 Å². The van der Waals surface area contributed by atoms with Gasteiger partial charge in [-0.3, -0.25) is 0 Å². The molecular weight excluding hydrogens is 903 g/mol. The van der Waals surface area contributed by atoms with Gasteiger partial charge in [0.1, 0.15) is 11.6 Å². The maximum atomic E-state index is 14.7. The van der Waals surface area contributed by atoms with Crippen LogP contribution in [0.1, 0.15) is 180 Å². The molecule has 6 aromatic carbocycles.